The molecule has 0 aromatic carbocycles. The summed E-state index contributed by atoms with van der Waals surface area (Å²) in [5.41, 5.74) is 0.894. The molecule has 0 radical (unpaired) electrons. The number of aliphatic hydroxyl groups excluding tert-OH is 1. The lowest BCUT2D eigenvalue weighted by Crippen LogP contribution is -2.30. The van der Waals surface area contributed by atoms with Crippen molar-refractivity contribution < 1.29 is 13.5 Å². The molecule has 1 aliphatic carbocycles. The second-order valence-electron chi connectivity index (χ2n) is 5.01. The SMILES string of the molecule is CS(=O)(=O)C1CCCC(C(O)c2csc(Br)c2)C1. The Hall–Kier alpha value is 0.0900. The summed E-state index contributed by atoms with van der Waals surface area (Å²) >= 11 is 4.92. The van der Waals surface area contributed by atoms with Gasteiger partial charge in [0.25, 0.3) is 0 Å². The summed E-state index contributed by atoms with van der Waals surface area (Å²) in [6.07, 6.45) is 3.85. The summed E-state index contributed by atoms with van der Waals surface area (Å²) in [5, 5.41) is 12.0. The van der Waals surface area contributed by atoms with Crippen LogP contribution in [0.4, 0.5) is 0 Å². The first-order chi connectivity index (χ1) is 8.38. The van der Waals surface area contributed by atoms with Gasteiger partial charge in [0, 0.05) is 6.26 Å². The molecule has 1 heterocycles. The van der Waals surface area contributed by atoms with Crippen molar-refractivity contribution in [1.29, 1.82) is 0 Å². The average Bonchev–Trinajstić information content (AvgIpc) is 2.74. The Kier molecular flexibility index (Phi) is 4.52. The van der Waals surface area contributed by atoms with Gasteiger partial charge in [0.05, 0.1) is 15.1 Å². The van der Waals surface area contributed by atoms with Gasteiger partial charge in [-0.2, -0.15) is 0 Å². The van der Waals surface area contributed by atoms with Crippen LogP contribution in [0.1, 0.15) is 37.4 Å². The molecule has 1 fully saturated rings. The molecule has 1 N–H and O–H groups in total. The number of hydrogen-bond acceptors (Lipinski definition) is 4. The Morgan fingerprint density at radius 2 is 2.22 bits per heavy atom. The fourth-order valence-electron chi connectivity index (χ4n) is 2.61. The molecule has 6 heteroatoms. The summed E-state index contributed by atoms with van der Waals surface area (Å²) in [5.74, 6) is 0.0555. The fourth-order valence-corrected chi connectivity index (χ4v) is 5.00. The fraction of sp³-hybridized carbons (Fsp3) is 0.667. The minimum Gasteiger partial charge on any atom is -0.388 e. The van der Waals surface area contributed by atoms with Crippen LogP contribution in [-0.2, 0) is 9.84 Å². The molecule has 0 aliphatic heterocycles. The first kappa shape index (κ1) is 14.5. The number of thiophene rings is 1. The van der Waals surface area contributed by atoms with Gasteiger partial charge >= 0.3 is 0 Å². The van der Waals surface area contributed by atoms with E-state index >= 15 is 0 Å². The predicted octanol–water partition coefficient (Wildman–Crippen LogP) is 3.15. The Labute approximate surface area is 120 Å². The molecule has 3 unspecified atom stereocenters. The normalized spacial score (nSPS) is 27.1. The van der Waals surface area contributed by atoms with Crippen LogP contribution in [-0.4, -0.2) is 25.0 Å². The van der Waals surface area contributed by atoms with Gasteiger partial charge in [0.1, 0.15) is 9.84 Å². The highest BCUT2D eigenvalue weighted by Gasteiger charge is 2.33. The van der Waals surface area contributed by atoms with Gasteiger partial charge in [-0.1, -0.05) is 6.42 Å². The molecule has 0 amide bonds. The number of aliphatic hydroxyl groups is 1. The van der Waals surface area contributed by atoms with Crippen molar-refractivity contribution >= 4 is 37.1 Å². The molecule has 1 aromatic heterocycles. The van der Waals surface area contributed by atoms with E-state index in [2.05, 4.69) is 15.9 Å². The summed E-state index contributed by atoms with van der Waals surface area (Å²) in [6.45, 7) is 0. The van der Waals surface area contributed by atoms with Crippen LogP contribution in [0, 0.1) is 5.92 Å². The van der Waals surface area contributed by atoms with Gasteiger partial charge < -0.3 is 5.11 Å². The molecule has 18 heavy (non-hydrogen) atoms. The van der Waals surface area contributed by atoms with Gasteiger partial charge in [-0.15, -0.1) is 11.3 Å². The van der Waals surface area contributed by atoms with Crippen molar-refractivity contribution in [2.24, 2.45) is 5.92 Å². The summed E-state index contributed by atoms with van der Waals surface area (Å²) in [6, 6.07) is 1.92. The van der Waals surface area contributed by atoms with E-state index in [1.54, 1.807) is 11.3 Å². The van der Waals surface area contributed by atoms with E-state index in [4.69, 9.17) is 0 Å². The molecular formula is C12H17BrO3S2. The maximum absolute atomic E-state index is 11.6. The molecule has 102 valence electrons. The first-order valence-corrected chi connectivity index (χ1v) is 9.61. The smallest absolute Gasteiger partial charge is 0.150 e. The Morgan fingerprint density at radius 1 is 1.50 bits per heavy atom. The molecule has 2 rings (SSSR count). The summed E-state index contributed by atoms with van der Waals surface area (Å²) in [4.78, 5) is 0. The molecule has 0 saturated heterocycles. The van der Waals surface area contributed by atoms with Gasteiger partial charge in [-0.25, -0.2) is 8.42 Å². The lowest BCUT2D eigenvalue weighted by Gasteiger charge is -2.31. The third kappa shape index (κ3) is 3.35. The van der Waals surface area contributed by atoms with Crippen molar-refractivity contribution in [3.8, 4) is 0 Å². The molecule has 3 atom stereocenters. The van der Waals surface area contributed by atoms with E-state index in [9.17, 15) is 13.5 Å². The first-order valence-electron chi connectivity index (χ1n) is 5.99. The molecule has 1 saturated carbocycles. The van der Waals surface area contributed by atoms with Crippen molar-refractivity contribution in [3.63, 3.8) is 0 Å². The number of halogens is 1. The van der Waals surface area contributed by atoms with Gasteiger partial charge in [-0.05, 0) is 58.1 Å². The predicted molar refractivity (Wildman–Crippen MR) is 77.6 cm³/mol. The van der Waals surface area contributed by atoms with Crippen LogP contribution in [0.15, 0.2) is 15.2 Å². The quantitative estimate of drug-likeness (QED) is 0.908. The highest BCUT2D eigenvalue weighted by atomic mass is 79.9. The second-order valence-corrected chi connectivity index (χ2v) is 9.62. The number of rotatable bonds is 3. The minimum atomic E-state index is -2.99. The van der Waals surface area contributed by atoms with Crippen molar-refractivity contribution in [3.05, 3.63) is 20.8 Å². The standard InChI is InChI=1S/C12H17BrO3S2/c1-18(15,16)10-4-2-3-8(5-10)12(14)9-6-11(13)17-7-9/h6-8,10,12,14H,2-5H2,1H3. The molecule has 0 bridgehead atoms. The van der Waals surface area contributed by atoms with Crippen LogP contribution < -0.4 is 0 Å². The third-order valence-corrected chi connectivity index (χ3v) is 6.81. The number of sulfone groups is 1. The van der Waals surface area contributed by atoms with E-state index in [1.165, 1.54) is 6.26 Å². The Morgan fingerprint density at radius 3 is 2.78 bits per heavy atom. The van der Waals surface area contributed by atoms with E-state index in [0.717, 1.165) is 28.6 Å². The van der Waals surface area contributed by atoms with E-state index < -0.39 is 15.9 Å². The zero-order chi connectivity index (χ0) is 13.3. The average molecular weight is 353 g/mol. The van der Waals surface area contributed by atoms with Crippen LogP contribution in [0.5, 0.6) is 0 Å². The monoisotopic (exact) mass is 352 g/mol. The number of hydrogen-bond donors (Lipinski definition) is 1. The maximum Gasteiger partial charge on any atom is 0.150 e. The lowest BCUT2D eigenvalue weighted by atomic mass is 9.83. The molecule has 3 nitrogen and oxygen atoms in total. The van der Waals surface area contributed by atoms with Crippen molar-refractivity contribution in [1.82, 2.24) is 0 Å². The van der Waals surface area contributed by atoms with Gasteiger partial charge in [-0.3, -0.25) is 0 Å². The van der Waals surface area contributed by atoms with Crippen LogP contribution in [0.25, 0.3) is 0 Å². The largest absolute Gasteiger partial charge is 0.388 e. The second kappa shape index (κ2) is 5.61. The lowest BCUT2D eigenvalue weighted by molar-refractivity contribution is 0.0860. The maximum atomic E-state index is 11.6. The summed E-state index contributed by atoms with van der Waals surface area (Å²) < 4.78 is 24.2. The molecule has 1 aromatic rings. The molecule has 1 aliphatic rings. The van der Waals surface area contributed by atoms with E-state index in [0.29, 0.717) is 6.42 Å². The van der Waals surface area contributed by atoms with Crippen LogP contribution in [0.2, 0.25) is 0 Å². The van der Waals surface area contributed by atoms with Gasteiger partial charge in [0.2, 0.25) is 0 Å². The Balaban J connectivity index is 2.09. The zero-order valence-electron chi connectivity index (χ0n) is 10.2. The Bertz CT molecular complexity index is 509. The highest BCUT2D eigenvalue weighted by Crippen LogP contribution is 2.38. The zero-order valence-corrected chi connectivity index (χ0v) is 13.4. The molecule has 0 spiro atoms. The van der Waals surface area contributed by atoms with Crippen molar-refractivity contribution in [2.45, 2.75) is 37.0 Å². The third-order valence-electron chi connectivity index (χ3n) is 3.65. The van der Waals surface area contributed by atoms with Gasteiger partial charge in [0.15, 0.2) is 0 Å². The van der Waals surface area contributed by atoms with Crippen LogP contribution >= 0.6 is 27.3 Å². The van der Waals surface area contributed by atoms with E-state index in [1.807, 2.05) is 11.4 Å². The topological polar surface area (TPSA) is 54.4 Å². The highest BCUT2D eigenvalue weighted by molar-refractivity contribution is 9.11. The van der Waals surface area contributed by atoms with Crippen molar-refractivity contribution in [2.75, 3.05) is 6.26 Å². The van der Waals surface area contributed by atoms with E-state index in [-0.39, 0.29) is 11.2 Å². The molecular weight excluding hydrogens is 336 g/mol. The van der Waals surface area contributed by atoms with Crippen LogP contribution in [0.3, 0.4) is 0 Å². The minimum absolute atomic E-state index is 0.0555. The summed E-state index contributed by atoms with van der Waals surface area (Å²) in [7, 11) is -2.99.